The summed E-state index contributed by atoms with van der Waals surface area (Å²) < 4.78 is 2.27. The second kappa shape index (κ2) is 6.35. The van der Waals surface area contributed by atoms with Crippen molar-refractivity contribution in [2.45, 2.75) is 38.4 Å². The Labute approximate surface area is 135 Å². The molecule has 3 N–H and O–H groups in total. The van der Waals surface area contributed by atoms with E-state index < -0.39 is 17.2 Å². The van der Waals surface area contributed by atoms with Crippen LogP contribution in [0.3, 0.4) is 0 Å². The van der Waals surface area contributed by atoms with Crippen LogP contribution in [0.25, 0.3) is 0 Å². The number of amides is 1. The van der Waals surface area contributed by atoms with E-state index >= 15 is 0 Å². The molecule has 1 amide bonds. The van der Waals surface area contributed by atoms with Crippen LogP contribution in [0, 0.1) is 0 Å². The van der Waals surface area contributed by atoms with E-state index in [-0.39, 0.29) is 37.1 Å². The van der Waals surface area contributed by atoms with Gasteiger partial charge in [0, 0.05) is 12.2 Å². The van der Waals surface area contributed by atoms with E-state index in [0.29, 0.717) is 12.8 Å². The van der Waals surface area contributed by atoms with E-state index in [4.69, 9.17) is 10.8 Å². The van der Waals surface area contributed by atoms with Crippen molar-refractivity contribution in [3.05, 3.63) is 38.4 Å². The van der Waals surface area contributed by atoms with Gasteiger partial charge in [-0.2, -0.15) is 4.80 Å². The van der Waals surface area contributed by atoms with E-state index in [2.05, 4.69) is 15.4 Å². The van der Waals surface area contributed by atoms with E-state index in [9.17, 15) is 14.4 Å². The first kappa shape index (κ1) is 16.1. The maximum atomic E-state index is 12.6. The van der Waals surface area contributed by atoms with Crippen LogP contribution in [-0.2, 0) is 13.1 Å². The number of carbonyl (C=O) groups excluding carboxylic acids is 1. The van der Waals surface area contributed by atoms with E-state index in [1.54, 1.807) is 0 Å². The summed E-state index contributed by atoms with van der Waals surface area (Å²) in [5.74, 6) is -0.668. The standard InChI is InChI=1S/C13H17N7O4/c14-11(22)9-6-18(7-10-15-17-19(16-10)4-5-21)13(24)20(12(9)23)8-2-1-3-8/h6,8,21H,1-5,7H2,(H2,14,22). The Balaban J connectivity index is 2.02. The molecule has 11 nitrogen and oxygen atoms in total. The summed E-state index contributed by atoms with van der Waals surface area (Å²) >= 11 is 0. The Morgan fingerprint density at radius 3 is 2.71 bits per heavy atom. The lowest BCUT2D eigenvalue weighted by Gasteiger charge is -2.27. The molecule has 2 aromatic rings. The molecule has 11 heteroatoms. The molecule has 24 heavy (non-hydrogen) atoms. The van der Waals surface area contributed by atoms with Gasteiger partial charge in [0.1, 0.15) is 5.56 Å². The van der Waals surface area contributed by atoms with Gasteiger partial charge < -0.3 is 10.8 Å². The highest BCUT2D eigenvalue weighted by Crippen LogP contribution is 2.28. The van der Waals surface area contributed by atoms with Crippen LogP contribution in [0.15, 0.2) is 15.8 Å². The number of hydrogen-bond acceptors (Lipinski definition) is 7. The Bertz CT molecular complexity index is 877. The van der Waals surface area contributed by atoms with E-state index in [1.807, 2.05) is 0 Å². The fourth-order valence-corrected chi connectivity index (χ4v) is 2.55. The third-order valence-corrected chi connectivity index (χ3v) is 4.00. The molecule has 0 aliphatic heterocycles. The average Bonchev–Trinajstić information content (AvgIpc) is 2.91. The first-order valence-electron chi connectivity index (χ1n) is 7.54. The van der Waals surface area contributed by atoms with Crippen molar-refractivity contribution in [2.75, 3.05) is 6.61 Å². The van der Waals surface area contributed by atoms with Crippen LogP contribution in [0.4, 0.5) is 0 Å². The van der Waals surface area contributed by atoms with Gasteiger partial charge in [-0.15, -0.1) is 10.2 Å². The highest BCUT2D eigenvalue weighted by molar-refractivity contribution is 5.92. The molecule has 128 valence electrons. The quantitative estimate of drug-likeness (QED) is 0.611. The molecule has 0 bridgehead atoms. The highest BCUT2D eigenvalue weighted by atomic mass is 16.3. The molecule has 0 unspecified atom stereocenters. The average molecular weight is 335 g/mol. The minimum atomic E-state index is -0.890. The van der Waals surface area contributed by atoms with Crippen molar-refractivity contribution in [1.29, 1.82) is 0 Å². The molecule has 0 radical (unpaired) electrons. The van der Waals surface area contributed by atoms with Crippen LogP contribution >= 0.6 is 0 Å². The Kier molecular flexibility index (Phi) is 4.25. The number of aliphatic hydroxyl groups is 1. The van der Waals surface area contributed by atoms with Gasteiger partial charge in [0.05, 0.1) is 19.7 Å². The summed E-state index contributed by atoms with van der Waals surface area (Å²) in [6.07, 6.45) is 3.48. The number of primary amides is 1. The number of nitrogens with two attached hydrogens (primary N) is 1. The van der Waals surface area contributed by atoms with Crippen LogP contribution in [0.1, 0.15) is 41.5 Å². The lowest BCUT2D eigenvalue weighted by molar-refractivity contribution is 0.0996. The summed E-state index contributed by atoms with van der Waals surface area (Å²) in [4.78, 5) is 37.6. The lowest BCUT2D eigenvalue weighted by Crippen LogP contribution is -2.46. The smallest absolute Gasteiger partial charge is 0.331 e. The number of tetrazole rings is 1. The lowest BCUT2D eigenvalue weighted by atomic mass is 9.93. The third-order valence-electron chi connectivity index (χ3n) is 4.00. The molecular formula is C13H17N7O4. The van der Waals surface area contributed by atoms with E-state index in [0.717, 1.165) is 17.2 Å². The summed E-state index contributed by atoms with van der Waals surface area (Å²) in [7, 11) is 0. The number of aliphatic hydroxyl groups excluding tert-OH is 1. The maximum Gasteiger partial charge on any atom is 0.331 e. The van der Waals surface area contributed by atoms with Gasteiger partial charge in [0.25, 0.3) is 11.5 Å². The minimum Gasteiger partial charge on any atom is -0.394 e. The summed E-state index contributed by atoms with van der Waals surface area (Å²) in [5.41, 5.74) is 3.81. The second-order valence-corrected chi connectivity index (χ2v) is 5.60. The summed E-state index contributed by atoms with van der Waals surface area (Å²) in [6.45, 7) is -0.0261. The minimum absolute atomic E-state index is 0.0580. The molecule has 1 aliphatic carbocycles. The van der Waals surface area contributed by atoms with Crippen molar-refractivity contribution in [3.63, 3.8) is 0 Å². The second-order valence-electron chi connectivity index (χ2n) is 5.60. The van der Waals surface area contributed by atoms with Crippen LogP contribution < -0.4 is 17.0 Å². The van der Waals surface area contributed by atoms with Gasteiger partial charge in [0.2, 0.25) is 0 Å². The highest BCUT2D eigenvalue weighted by Gasteiger charge is 2.26. The number of rotatable bonds is 6. The van der Waals surface area contributed by atoms with Crippen molar-refractivity contribution in [2.24, 2.45) is 5.73 Å². The van der Waals surface area contributed by atoms with Gasteiger partial charge in [-0.05, 0) is 24.5 Å². The topological polar surface area (TPSA) is 151 Å². The van der Waals surface area contributed by atoms with Crippen molar-refractivity contribution < 1.29 is 9.90 Å². The number of nitrogens with zero attached hydrogens (tertiary/aromatic N) is 6. The van der Waals surface area contributed by atoms with Crippen LogP contribution in [0.2, 0.25) is 0 Å². The first-order chi connectivity index (χ1) is 11.5. The molecule has 0 aromatic carbocycles. The fourth-order valence-electron chi connectivity index (χ4n) is 2.55. The molecule has 0 spiro atoms. The summed E-state index contributed by atoms with van der Waals surface area (Å²) in [5, 5.41) is 20.4. The first-order valence-corrected chi connectivity index (χ1v) is 7.54. The van der Waals surface area contributed by atoms with Crippen LogP contribution in [-0.4, -0.2) is 47.0 Å². The van der Waals surface area contributed by atoms with Gasteiger partial charge in [-0.25, -0.2) is 4.79 Å². The van der Waals surface area contributed by atoms with Gasteiger partial charge in [-0.1, -0.05) is 0 Å². The molecular weight excluding hydrogens is 318 g/mol. The molecule has 0 atom stereocenters. The molecule has 1 saturated carbocycles. The normalized spacial score (nSPS) is 14.5. The third kappa shape index (κ3) is 2.85. The molecule has 2 aromatic heterocycles. The maximum absolute atomic E-state index is 12.6. The molecule has 2 heterocycles. The Hall–Kier alpha value is -2.82. The molecule has 1 fully saturated rings. The Morgan fingerprint density at radius 2 is 2.12 bits per heavy atom. The zero-order valence-electron chi connectivity index (χ0n) is 12.8. The predicted octanol–water partition coefficient (Wildman–Crippen LogP) is -2.14. The van der Waals surface area contributed by atoms with Crippen LogP contribution in [0.5, 0.6) is 0 Å². The zero-order chi connectivity index (χ0) is 17.3. The molecule has 0 saturated heterocycles. The summed E-state index contributed by atoms with van der Waals surface area (Å²) in [6, 6.07) is -0.214. The van der Waals surface area contributed by atoms with Crippen molar-refractivity contribution >= 4 is 5.91 Å². The Morgan fingerprint density at radius 1 is 1.38 bits per heavy atom. The molecule has 1 aliphatic rings. The largest absolute Gasteiger partial charge is 0.394 e. The van der Waals surface area contributed by atoms with Gasteiger partial charge in [0.15, 0.2) is 5.82 Å². The van der Waals surface area contributed by atoms with Gasteiger partial charge in [-0.3, -0.25) is 18.7 Å². The number of hydrogen-bond donors (Lipinski definition) is 2. The van der Waals surface area contributed by atoms with Crippen molar-refractivity contribution in [3.8, 4) is 0 Å². The van der Waals surface area contributed by atoms with E-state index in [1.165, 1.54) is 9.36 Å². The number of aromatic nitrogens is 6. The number of carbonyl (C=O) groups is 1. The molecule has 3 rings (SSSR count). The predicted molar refractivity (Wildman–Crippen MR) is 80.4 cm³/mol. The van der Waals surface area contributed by atoms with Gasteiger partial charge >= 0.3 is 5.69 Å². The zero-order valence-corrected chi connectivity index (χ0v) is 12.8. The van der Waals surface area contributed by atoms with Crippen molar-refractivity contribution in [1.82, 2.24) is 29.3 Å². The fraction of sp³-hybridized carbons (Fsp3) is 0.538. The monoisotopic (exact) mass is 335 g/mol. The SMILES string of the molecule is NC(=O)c1cn(Cc2nnn(CCO)n2)c(=O)n(C2CCC2)c1=O.